The second kappa shape index (κ2) is 5.54. The summed E-state index contributed by atoms with van der Waals surface area (Å²) in [7, 11) is 3.72. The second-order valence-electron chi connectivity index (χ2n) is 4.89. The van der Waals surface area contributed by atoms with Crippen molar-refractivity contribution in [1.29, 1.82) is 0 Å². The molecule has 0 aliphatic carbocycles. The molecule has 1 aliphatic heterocycles. The number of nitrogens with one attached hydrogen (secondary N) is 1. The number of hydrogen-bond acceptors (Lipinski definition) is 4. The summed E-state index contributed by atoms with van der Waals surface area (Å²) in [5.74, 6) is -0.278. The van der Waals surface area contributed by atoms with E-state index in [9.17, 15) is 4.39 Å². The van der Waals surface area contributed by atoms with Crippen LogP contribution in [0.1, 0.15) is 5.56 Å². The summed E-state index contributed by atoms with van der Waals surface area (Å²) in [4.78, 5) is 4.07. The third-order valence-corrected chi connectivity index (χ3v) is 3.32. The molecule has 1 aromatic rings. The highest BCUT2D eigenvalue weighted by atomic mass is 19.1. The molecule has 1 saturated heterocycles. The van der Waals surface area contributed by atoms with Crippen LogP contribution in [0.25, 0.3) is 0 Å². The van der Waals surface area contributed by atoms with Crippen LogP contribution in [0.5, 0.6) is 0 Å². The van der Waals surface area contributed by atoms with Crippen molar-refractivity contribution in [2.45, 2.75) is 6.54 Å². The highest BCUT2D eigenvalue weighted by molar-refractivity contribution is 5.68. The maximum atomic E-state index is 14.2. The molecule has 2 rings (SSSR count). The first-order chi connectivity index (χ1) is 8.59. The molecule has 0 spiro atoms. The Morgan fingerprint density at radius 2 is 2.00 bits per heavy atom. The highest BCUT2D eigenvalue weighted by Crippen LogP contribution is 2.27. The number of piperazine rings is 1. The minimum Gasteiger partial charge on any atom is -0.395 e. The molecule has 100 valence electrons. The van der Waals surface area contributed by atoms with Crippen molar-refractivity contribution in [3.05, 3.63) is 23.5 Å². The lowest BCUT2D eigenvalue weighted by molar-refractivity contribution is 0.230. The summed E-state index contributed by atoms with van der Waals surface area (Å²) < 4.78 is 14.2. The quantitative estimate of drug-likeness (QED) is 0.784. The molecule has 3 N–H and O–H groups in total. The Morgan fingerprint density at radius 1 is 1.33 bits per heavy atom. The summed E-state index contributed by atoms with van der Waals surface area (Å²) in [5.41, 5.74) is 7.50. The van der Waals surface area contributed by atoms with E-state index in [1.807, 2.05) is 31.1 Å². The molecule has 0 radical (unpaired) electrons. The lowest BCUT2D eigenvalue weighted by Gasteiger charge is -2.27. The van der Waals surface area contributed by atoms with Gasteiger partial charge in [0.15, 0.2) is 5.82 Å². The first-order valence-electron chi connectivity index (χ1n) is 6.27. The number of nitrogens with two attached hydrogens (primary N) is 1. The van der Waals surface area contributed by atoms with Crippen molar-refractivity contribution >= 4 is 11.4 Å². The Kier molecular flexibility index (Phi) is 4.04. The summed E-state index contributed by atoms with van der Waals surface area (Å²) in [6.45, 7) is 4.47. The monoisotopic (exact) mass is 252 g/mol. The zero-order valence-electron chi connectivity index (χ0n) is 11.0. The zero-order valence-corrected chi connectivity index (χ0v) is 11.0. The molecule has 5 heteroatoms. The van der Waals surface area contributed by atoms with Crippen LogP contribution < -0.4 is 16.0 Å². The molecule has 18 heavy (non-hydrogen) atoms. The summed E-state index contributed by atoms with van der Waals surface area (Å²) in [6.07, 6.45) is 0. The molecule has 0 amide bonds. The van der Waals surface area contributed by atoms with Crippen LogP contribution in [0.2, 0.25) is 0 Å². The Labute approximate surface area is 108 Å². The van der Waals surface area contributed by atoms with Crippen LogP contribution in [0.3, 0.4) is 0 Å². The highest BCUT2D eigenvalue weighted by Gasteiger charge is 2.16. The molecule has 0 saturated carbocycles. The Morgan fingerprint density at radius 3 is 2.61 bits per heavy atom. The zero-order chi connectivity index (χ0) is 13.1. The van der Waals surface area contributed by atoms with E-state index < -0.39 is 0 Å². The van der Waals surface area contributed by atoms with E-state index in [-0.39, 0.29) is 11.5 Å². The van der Waals surface area contributed by atoms with Gasteiger partial charge in [0, 0.05) is 52.4 Å². The maximum Gasteiger partial charge on any atom is 0.152 e. The molecule has 0 atom stereocenters. The van der Waals surface area contributed by atoms with Crippen LogP contribution in [0.15, 0.2) is 12.1 Å². The average molecular weight is 252 g/mol. The van der Waals surface area contributed by atoms with E-state index in [1.165, 1.54) is 0 Å². The van der Waals surface area contributed by atoms with Gasteiger partial charge in [0.25, 0.3) is 0 Å². The van der Waals surface area contributed by atoms with Gasteiger partial charge < -0.3 is 16.0 Å². The van der Waals surface area contributed by atoms with Gasteiger partial charge >= 0.3 is 0 Å². The van der Waals surface area contributed by atoms with Crippen molar-refractivity contribution in [3.8, 4) is 0 Å². The van der Waals surface area contributed by atoms with Crippen LogP contribution in [-0.4, -0.2) is 45.2 Å². The molecular weight excluding hydrogens is 231 g/mol. The Hall–Kier alpha value is -1.33. The molecule has 0 unspecified atom stereocenters. The minimum atomic E-state index is -0.278. The van der Waals surface area contributed by atoms with E-state index in [4.69, 9.17) is 5.73 Å². The normalized spacial score (nSPS) is 16.8. The van der Waals surface area contributed by atoms with Crippen molar-refractivity contribution in [3.63, 3.8) is 0 Å². The van der Waals surface area contributed by atoms with Gasteiger partial charge in [-0.25, -0.2) is 4.39 Å². The minimum absolute atomic E-state index is 0.243. The molecule has 1 aliphatic rings. The van der Waals surface area contributed by atoms with E-state index >= 15 is 0 Å². The third kappa shape index (κ3) is 2.73. The molecule has 0 bridgehead atoms. The van der Waals surface area contributed by atoms with Crippen LogP contribution >= 0.6 is 0 Å². The number of anilines is 2. The number of halogens is 1. The van der Waals surface area contributed by atoms with Crippen molar-refractivity contribution < 1.29 is 4.39 Å². The van der Waals surface area contributed by atoms with Gasteiger partial charge in [-0.1, -0.05) is 6.07 Å². The van der Waals surface area contributed by atoms with Gasteiger partial charge in [0.2, 0.25) is 0 Å². The number of benzene rings is 1. The predicted molar refractivity (Wildman–Crippen MR) is 73.3 cm³/mol. The van der Waals surface area contributed by atoms with Gasteiger partial charge in [0.1, 0.15) is 0 Å². The van der Waals surface area contributed by atoms with Crippen molar-refractivity contribution in [2.75, 3.05) is 50.9 Å². The molecule has 0 aromatic heterocycles. The van der Waals surface area contributed by atoms with Gasteiger partial charge in [-0.05, 0) is 6.07 Å². The molecular formula is C13H21FN4. The van der Waals surface area contributed by atoms with E-state index in [2.05, 4.69) is 10.2 Å². The fourth-order valence-corrected chi connectivity index (χ4v) is 2.25. The summed E-state index contributed by atoms with van der Waals surface area (Å²) in [5, 5.41) is 3.28. The number of nitrogens with zero attached hydrogens (tertiary/aromatic N) is 2. The van der Waals surface area contributed by atoms with Crippen LogP contribution in [0, 0.1) is 5.82 Å². The van der Waals surface area contributed by atoms with E-state index in [1.54, 1.807) is 0 Å². The average Bonchev–Trinajstić information content (AvgIpc) is 2.36. The third-order valence-electron chi connectivity index (χ3n) is 3.32. The van der Waals surface area contributed by atoms with Crippen LogP contribution in [-0.2, 0) is 6.54 Å². The fourth-order valence-electron chi connectivity index (χ4n) is 2.25. The summed E-state index contributed by atoms with van der Waals surface area (Å²) >= 11 is 0. The topological polar surface area (TPSA) is 44.5 Å². The number of nitrogen functional groups attached to an aromatic ring is 1. The lowest BCUT2D eigenvalue weighted by Crippen LogP contribution is -2.43. The van der Waals surface area contributed by atoms with Gasteiger partial charge in [-0.3, -0.25) is 4.90 Å². The molecule has 4 nitrogen and oxygen atoms in total. The van der Waals surface area contributed by atoms with Crippen molar-refractivity contribution in [1.82, 2.24) is 10.2 Å². The first-order valence-corrected chi connectivity index (χ1v) is 6.27. The number of hydrogen-bond donors (Lipinski definition) is 2. The smallest absolute Gasteiger partial charge is 0.152 e. The largest absolute Gasteiger partial charge is 0.395 e. The SMILES string of the molecule is CN(C)c1ccc(CN2CCNCC2)c(F)c1N. The fraction of sp³-hybridized carbons (Fsp3) is 0.538. The van der Waals surface area contributed by atoms with E-state index in [0.29, 0.717) is 12.1 Å². The standard InChI is InChI=1S/C13H21FN4/c1-17(2)11-4-3-10(12(14)13(11)15)9-18-7-5-16-6-8-18/h3-4,16H,5-9,15H2,1-2H3. The predicted octanol–water partition coefficient (Wildman–Crippen LogP) is 0.879. The van der Waals surface area contributed by atoms with Gasteiger partial charge in [0.05, 0.1) is 11.4 Å². The Balaban J connectivity index is 2.16. The lowest BCUT2D eigenvalue weighted by atomic mass is 10.1. The van der Waals surface area contributed by atoms with Gasteiger partial charge in [-0.2, -0.15) is 0 Å². The first kappa shape index (κ1) is 13.1. The molecule has 1 heterocycles. The summed E-state index contributed by atoms with van der Waals surface area (Å²) in [6, 6.07) is 3.72. The van der Waals surface area contributed by atoms with Crippen LogP contribution in [0.4, 0.5) is 15.8 Å². The second-order valence-corrected chi connectivity index (χ2v) is 4.89. The van der Waals surface area contributed by atoms with E-state index in [0.717, 1.165) is 31.9 Å². The van der Waals surface area contributed by atoms with Gasteiger partial charge in [-0.15, -0.1) is 0 Å². The van der Waals surface area contributed by atoms with Crippen molar-refractivity contribution in [2.24, 2.45) is 0 Å². The maximum absolute atomic E-state index is 14.2. The Bertz CT molecular complexity index is 414. The molecule has 1 aromatic carbocycles. The number of rotatable bonds is 3. The molecule has 1 fully saturated rings.